The topological polar surface area (TPSA) is 63.7 Å². The number of carbonyl (C=O) groups excluding carboxylic acids is 1. The second kappa shape index (κ2) is 7.96. The van der Waals surface area contributed by atoms with E-state index in [4.69, 9.17) is 4.74 Å². The van der Waals surface area contributed by atoms with Crippen LogP contribution in [0.1, 0.15) is 17.3 Å². The van der Waals surface area contributed by atoms with Crippen LogP contribution in [0.2, 0.25) is 0 Å². The zero-order valence-corrected chi connectivity index (χ0v) is 17.2. The number of fused-ring (bicyclic) bond motifs is 1. The Balaban J connectivity index is 1.85. The van der Waals surface area contributed by atoms with E-state index in [-0.39, 0.29) is 16.1 Å². The number of allylic oxidation sites excluding steroid dienone is 1. The summed E-state index contributed by atoms with van der Waals surface area (Å²) in [5.74, 6) is -1.29. The Morgan fingerprint density at radius 2 is 1.58 bits per heavy atom. The third-order valence-corrected chi connectivity index (χ3v) is 6.56. The number of nitrogens with zero attached hydrogens (tertiary/aromatic N) is 1. The zero-order chi connectivity index (χ0) is 22.2. The maximum absolute atomic E-state index is 13.9. The quantitative estimate of drug-likeness (QED) is 0.411. The van der Waals surface area contributed by atoms with Crippen LogP contribution in [-0.4, -0.2) is 20.8 Å². The van der Waals surface area contributed by atoms with Gasteiger partial charge < -0.3 is 9.64 Å². The molecule has 0 spiro atoms. The van der Waals surface area contributed by atoms with Gasteiger partial charge in [0.15, 0.2) is 0 Å². The monoisotopic (exact) mass is 441 g/mol. The Morgan fingerprint density at radius 1 is 0.935 bits per heavy atom. The van der Waals surface area contributed by atoms with Crippen LogP contribution < -0.4 is 9.64 Å². The van der Waals surface area contributed by atoms with Gasteiger partial charge in [-0.25, -0.2) is 17.2 Å². The van der Waals surface area contributed by atoms with Crippen LogP contribution in [0.4, 0.5) is 20.2 Å². The van der Waals surface area contributed by atoms with Crippen molar-refractivity contribution in [2.45, 2.75) is 11.8 Å². The standard InChI is InChI=1S/C23H17F2NO4S/c1-2-30-19-10-3-15(4-11-19)23(27)22-14-26(18-8-5-16(24)6-9-18)20-13-17(25)7-12-21(20)31(22,28)29/h3-14H,2H2,1H3. The molecular formula is C23H17F2NO4S. The van der Waals surface area contributed by atoms with Crippen molar-refractivity contribution in [2.24, 2.45) is 0 Å². The molecule has 3 aromatic carbocycles. The van der Waals surface area contributed by atoms with E-state index in [0.29, 0.717) is 18.0 Å². The molecule has 0 atom stereocenters. The first kappa shape index (κ1) is 20.7. The Kier molecular flexibility index (Phi) is 5.32. The third kappa shape index (κ3) is 3.82. The lowest BCUT2D eigenvalue weighted by Gasteiger charge is -2.29. The minimum atomic E-state index is -4.22. The molecule has 0 saturated carbocycles. The van der Waals surface area contributed by atoms with Crippen LogP contribution in [-0.2, 0) is 9.84 Å². The number of sulfone groups is 1. The van der Waals surface area contributed by atoms with Crippen molar-refractivity contribution in [3.8, 4) is 5.75 Å². The fourth-order valence-electron chi connectivity index (χ4n) is 3.29. The second-order valence-electron chi connectivity index (χ2n) is 6.74. The van der Waals surface area contributed by atoms with Crippen LogP contribution in [0.25, 0.3) is 0 Å². The van der Waals surface area contributed by atoms with Crippen molar-refractivity contribution in [3.05, 3.63) is 95.0 Å². The van der Waals surface area contributed by atoms with Gasteiger partial charge in [-0.3, -0.25) is 4.79 Å². The summed E-state index contributed by atoms with van der Waals surface area (Å²) in [5.41, 5.74) is 0.567. The normalized spacial score (nSPS) is 14.5. The largest absolute Gasteiger partial charge is 0.494 e. The molecule has 0 fully saturated rings. The Bertz CT molecular complexity index is 1280. The zero-order valence-electron chi connectivity index (χ0n) is 16.4. The van der Waals surface area contributed by atoms with Gasteiger partial charge in [0.05, 0.1) is 17.2 Å². The van der Waals surface area contributed by atoms with E-state index in [2.05, 4.69) is 0 Å². The van der Waals surface area contributed by atoms with Crippen LogP contribution in [0.5, 0.6) is 5.75 Å². The molecule has 0 radical (unpaired) electrons. The molecule has 0 saturated heterocycles. The predicted octanol–water partition coefficient (Wildman–Crippen LogP) is 5.01. The first-order valence-electron chi connectivity index (χ1n) is 9.40. The molecule has 0 amide bonds. The Hall–Kier alpha value is -3.52. The minimum Gasteiger partial charge on any atom is -0.494 e. The van der Waals surface area contributed by atoms with E-state index >= 15 is 0 Å². The first-order valence-corrected chi connectivity index (χ1v) is 10.9. The van der Waals surface area contributed by atoms with Gasteiger partial charge in [0.2, 0.25) is 15.6 Å². The number of ketones is 1. The summed E-state index contributed by atoms with van der Waals surface area (Å²) >= 11 is 0. The Morgan fingerprint density at radius 3 is 2.23 bits per heavy atom. The van der Waals surface area contributed by atoms with Gasteiger partial charge in [-0.2, -0.15) is 0 Å². The van der Waals surface area contributed by atoms with E-state index in [9.17, 15) is 22.0 Å². The van der Waals surface area contributed by atoms with E-state index in [1.54, 1.807) is 12.1 Å². The molecule has 0 aliphatic carbocycles. The van der Waals surface area contributed by atoms with E-state index in [1.807, 2.05) is 6.92 Å². The van der Waals surface area contributed by atoms with Crippen molar-refractivity contribution in [3.63, 3.8) is 0 Å². The smallest absolute Gasteiger partial charge is 0.214 e. The third-order valence-electron chi connectivity index (χ3n) is 4.76. The Labute approximate surface area is 178 Å². The summed E-state index contributed by atoms with van der Waals surface area (Å²) in [5, 5.41) is 0. The van der Waals surface area contributed by atoms with Gasteiger partial charge in [-0.15, -0.1) is 0 Å². The number of carbonyl (C=O) groups is 1. The van der Waals surface area contributed by atoms with Crippen LogP contribution in [0.3, 0.4) is 0 Å². The lowest BCUT2D eigenvalue weighted by Crippen LogP contribution is -2.26. The van der Waals surface area contributed by atoms with Gasteiger partial charge in [0, 0.05) is 17.5 Å². The van der Waals surface area contributed by atoms with Crippen molar-refractivity contribution >= 4 is 27.0 Å². The van der Waals surface area contributed by atoms with Crippen LogP contribution in [0, 0.1) is 11.6 Å². The molecule has 0 bridgehead atoms. The highest BCUT2D eigenvalue weighted by Crippen LogP contribution is 2.40. The SMILES string of the molecule is CCOc1ccc(C(=O)C2=CN(c3ccc(F)cc3)c3cc(F)ccc3S2(=O)=O)cc1. The molecule has 1 heterocycles. The molecule has 0 N–H and O–H groups in total. The van der Waals surface area contributed by atoms with E-state index < -0.39 is 32.2 Å². The van der Waals surface area contributed by atoms with Gasteiger partial charge in [0.25, 0.3) is 0 Å². The molecule has 4 rings (SSSR count). The van der Waals surface area contributed by atoms with Crippen LogP contribution >= 0.6 is 0 Å². The van der Waals surface area contributed by atoms with E-state index in [0.717, 1.165) is 24.4 Å². The maximum atomic E-state index is 13.9. The molecule has 158 valence electrons. The highest BCUT2D eigenvalue weighted by atomic mass is 32.2. The average Bonchev–Trinajstić information content (AvgIpc) is 2.75. The number of rotatable bonds is 5. The number of hydrogen-bond donors (Lipinski definition) is 0. The molecular weight excluding hydrogens is 424 g/mol. The summed E-state index contributed by atoms with van der Waals surface area (Å²) in [6, 6.07) is 14.5. The second-order valence-corrected chi connectivity index (χ2v) is 8.63. The first-order chi connectivity index (χ1) is 14.8. The predicted molar refractivity (Wildman–Crippen MR) is 112 cm³/mol. The van der Waals surface area contributed by atoms with Gasteiger partial charge in [-0.1, -0.05) is 0 Å². The number of ether oxygens (including phenoxy) is 1. The summed E-state index contributed by atoms with van der Waals surface area (Å²) in [7, 11) is -4.22. The fourth-order valence-corrected chi connectivity index (χ4v) is 4.81. The molecule has 3 aromatic rings. The highest BCUT2D eigenvalue weighted by molar-refractivity contribution is 7.96. The number of Topliss-reactive ketones (excluding diaryl/α,β-unsaturated/α-hetero) is 1. The summed E-state index contributed by atoms with van der Waals surface area (Å²) in [6.45, 7) is 2.27. The molecule has 1 aliphatic rings. The summed E-state index contributed by atoms with van der Waals surface area (Å²) in [6.07, 6.45) is 1.14. The molecule has 0 aromatic heterocycles. The molecule has 8 heteroatoms. The lowest BCUT2D eigenvalue weighted by molar-refractivity contribution is 0.104. The average molecular weight is 441 g/mol. The maximum Gasteiger partial charge on any atom is 0.214 e. The number of halogens is 2. The number of hydrogen-bond acceptors (Lipinski definition) is 5. The van der Waals surface area contributed by atoms with Crippen molar-refractivity contribution < 1.29 is 26.7 Å². The minimum absolute atomic E-state index is 0.0369. The summed E-state index contributed by atoms with van der Waals surface area (Å²) < 4.78 is 59.1. The highest BCUT2D eigenvalue weighted by Gasteiger charge is 2.36. The number of benzene rings is 3. The fraction of sp³-hybridized carbons (Fsp3) is 0.0870. The van der Waals surface area contributed by atoms with Crippen molar-refractivity contribution in [1.82, 2.24) is 0 Å². The van der Waals surface area contributed by atoms with Gasteiger partial charge in [-0.05, 0) is 73.7 Å². The van der Waals surface area contributed by atoms with Crippen molar-refractivity contribution in [1.29, 1.82) is 0 Å². The van der Waals surface area contributed by atoms with Gasteiger partial charge >= 0.3 is 0 Å². The lowest BCUT2D eigenvalue weighted by atomic mass is 10.1. The van der Waals surface area contributed by atoms with Crippen molar-refractivity contribution in [2.75, 3.05) is 11.5 Å². The van der Waals surface area contributed by atoms with Crippen LogP contribution in [0.15, 0.2) is 82.7 Å². The number of anilines is 2. The van der Waals surface area contributed by atoms with E-state index in [1.165, 1.54) is 41.3 Å². The molecule has 31 heavy (non-hydrogen) atoms. The molecule has 1 aliphatic heterocycles. The van der Waals surface area contributed by atoms with Gasteiger partial charge in [0.1, 0.15) is 22.3 Å². The molecule has 5 nitrogen and oxygen atoms in total. The summed E-state index contributed by atoms with van der Waals surface area (Å²) in [4.78, 5) is 13.8. The molecule has 0 unspecified atom stereocenters.